The Morgan fingerprint density at radius 2 is 2.09 bits per heavy atom. The Hall–Kier alpha value is -3.94. The number of anilines is 4. The van der Waals surface area contributed by atoms with Gasteiger partial charge in [0.1, 0.15) is 11.5 Å². The lowest BCUT2D eigenvalue weighted by Crippen LogP contribution is -2.21. The van der Waals surface area contributed by atoms with Crippen molar-refractivity contribution in [2.45, 2.75) is 39.2 Å². The molecule has 0 atom stereocenters. The fourth-order valence-corrected chi connectivity index (χ4v) is 4.33. The number of fused-ring (bicyclic) bond motifs is 2. The zero-order valence-corrected chi connectivity index (χ0v) is 19.6. The first-order valence-electron chi connectivity index (χ1n) is 11.8. The van der Waals surface area contributed by atoms with E-state index in [-0.39, 0.29) is 5.91 Å². The molecule has 0 saturated carbocycles. The number of hydrogen-bond donors (Lipinski definition) is 2. The molecule has 0 saturated heterocycles. The Morgan fingerprint density at radius 3 is 2.97 bits per heavy atom. The number of carbonyl (C=O) groups is 1. The molecule has 4 heterocycles. The summed E-state index contributed by atoms with van der Waals surface area (Å²) in [4.78, 5) is 27.8. The van der Waals surface area contributed by atoms with Crippen LogP contribution in [-0.2, 0) is 17.8 Å². The van der Waals surface area contributed by atoms with Crippen molar-refractivity contribution in [2.75, 3.05) is 29.1 Å². The Morgan fingerprint density at radius 1 is 1.18 bits per heavy atom. The van der Waals surface area contributed by atoms with Gasteiger partial charge in [-0.1, -0.05) is 19.4 Å². The number of hydrogen-bond acceptors (Lipinski definition) is 6. The number of rotatable bonds is 8. The third-order valence-corrected chi connectivity index (χ3v) is 6.18. The molecule has 0 fully saturated rings. The van der Waals surface area contributed by atoms with E-state index in [1.54, 1.807) is 0 Å². The van der Waals surface area contributed by atoms with Crippen molar-refractivity contribution in [2.24, 2.45) is 0 Å². The third-order valence-electron chi connectivity index (χ3n) is 6.18. The van der Waals surface area contributed by atoms with Gasteiger partial charge in [-0.3, -0.25) is 4.79 Å². The van der Waals surface area contributed by atoms with Crippen molar-refractivity contribution in [3.8, 4) is 0 Å². The van der Waals surface area contributed by atoms with Crippen molar-refractivity contribution in [1.82, 2.24) is 19.5 Å². The Bertz CT molecular complexity index is 1330. The lowest BCUT2D eigenvalue weighted by atomic mass is 10.0. The summed E-state index contributed by atoms with van der Waals surface area (Å²) in [7, 11) is 2.10. The molecule has 8 heteroatoms. The van der Waals surface area contributed by atoms with Crippen molar-refractivity contribution in [3.63, 3.8) is 0 Å². The van der Waals surface area contributed by atoms with Crippen LogP contribution in [0.4, 0.5) is 23.1 Å². The van der Waals surface area contributed by atoms with Gasteiger partial charge in [-0.25, -0.2) is 9.97 Å². The molecule has 2 N–H and O–H groups in total. The molecular weight excluding hydrogens is 426 g/mol. The minimum absolute atomic E-state index is 0.0658. The van der Waals surface area contributed by atoms with Crippen molar-refractivity contribution < 1.29 is 4.79 Å². The summed E-state index contributed by atoms with van der Waals surface area (Å²) in [6, 6.07) is 12.1. The summed E-state index contributed by atoms with van der Waals surface area (Å²) in [5, 5.41) is 7.23. The van der Waals surface area contributed by atoms with Gasteiger partial charge in [0.25, 0.3) is 0 Å². The molecule has 1 aliphatic rings. The Balaban J connectivity index is 1.39. The lowest BCUT2D eigenvalue weighted by molar-refractivity contribution is -0.116. The molecule has 0 radical (unpaired) electrons. The predicted octanol–water partition coefficient (Wildman–Crippen LogP) is 4.74. The van der Waals surface area contributed by atoms with E-state index < -0.39 is 0 Å². The number of nitrogens with zero attached hydrogens (tertiary/aromatic N) is 5. The number of unbranched alkanes of at least 4 members (excludes halogenated alkanes) is 1. The van der Waals surface area contributed by atoms with Crippen molar-refractivity contribution in [3.05, 3.63) is 66.1 Å². The quantitative estimate of drug-likeness (QED) is 0.399. The molecule has 5 rings (SSSR count). The Kier molecular flexibility index (Phi) is 6.12. The zero-order valence-electron chi connectivity index (χ0n) is 19.6. The van der Waals surface area contributed by atoms with Gasteiger partial charge in [-0.2, -0.15) is 4.98 Å². The van der Waals surface area contributed by atoms with Crippen LogP contribution in [0.1, 0.15) is 37.3 Å². The van der Waals surface area contributed by atoms with Gasteiger partial charge in [0.15, 0.2) is 0 Å². The summed E-state index contributed by atoms with van der Waals surface area (Å²) in [6.45, 7) is 3.86. The van der Waals surface area contributed by atoms with Gasteiger partial charge in [0.05, 0.1) is 6.54 Å². The summed E-state index contributed by atoms with van der Waals surface area (Å²) in [5.74, 6) is 1.61. The highest BCUT2D eigenvalue weighted by atomic mass is 16.1. The fourth-order valence-electron chi connectivity index (χ4n) is 4.33. The summed E-state index contributed by atoms with van der Waals surface area (Å²) in [6.07, 6.45) is 9.28. The van der Waals surface area contributed by atoms with Gasteiger partial charge >= 0.3 is 0 Å². The highest BCUT2D eigenvalue weighted by molar-refractivity contribution is 5.94. The SMILES string of the molecule is CCCCN(C)c1ncccc1Cn1ccc2cnc(Nc3ccc4c(c3)CCC(=O)N4)nc21. The van der Waals surface area contributed by atoms with Crippen LogP contribution < -0.4 is 15.5 Å². The summed E-state index contributed by atoms with van der Waals surface area (Å²) < 4.78 is 2.14. The molecule has 0 spiro atoms. The molecule has 3 aromatic heterocycles. The van der Waals surface area contributed by atoms with Crippen LogP contribution >= 0.6 is 0 Å². The first kappa shape index (κ1) is 21.9. The highest BCUT2D eigenvalue weighted by Crippen LogP contribution is 2.27. The van der Waals surface area contributed by atoms with Crippen LogP contribution in [0.25, 0.3) is 11.0 Å². The number of aryl methyl sites for hydroxylation is 1. The average Bonchev–Trinajstić information content (AvgIpc) is 3.25. The second-order valence-electron chi connectivity index (χ2n) is 8.72. The van der Waals surface area contributed by atoms with Crippen LogP contribution in [0.2, 0.25) is 0 Å². The molecule has 0 unspecified atom stereocenters. The van der Waals surface area contributed by atoms with Crippen LogP contribution in [0.5, 0.6) is 0 Å². The number of carbonyl (C=O) groups excluding carboxylic acids is 1. The second-order valence-corrected chi connectivity index (χ2v) is 8.72. The van der Waals surface area contributed by atoms with E-state index in [0.29, 0.717) is 18.9 Å². The van der Waals surface area contributed by atoms with E-state index in [1.807, 2.05) is 42.9 Å². The molecule has 8 nitrogen and oxygen atoms in total. The zero-order chi connectivity index (χ0) is 23.5. The average molecular weight is 456 g/mol. The molecule has 34 heavy (non-hydrogen) atoms. The van der Waals surface area contributed by atoms with E-state index >= 15 is 0 Å². The maximum Gasteiger partial charge on any atom is 0.229 e. The predicted molar refractivity (Wildman–Crippen MR) is 136 cm³/mol. The first-order chi connectivity index (χ1) is 16.6. The fraction of sp³-hybridized carbons (Fsp3) is 0.308. The topological polar surface area (TPSA) is 88.0 Å². The monoisotopic (exact) mass is 455 g/mol. The van der Waals surface area contributed by atoms with Gasteiger partial charge < -0.3 is 20.1 Å². The van der Waals surface area contributed by atoms with E-state index in [0.717, 1.165) is 65.2 Å². The molecule has 1 aliphatic heterocycles. The van der Waals surface area contributed by atoms with Crippen molar-refractivity contribution in [1.29, 1.82) is 0 Å². The summed E-state index contributed by atoms with van der Waals surface area (Å²) >= 11 is 0. The van der Waals surface area contributed by atoms with Gasteiger partial charge in [0, 0.05) is 60.9 Å². The molecular formula is C26H29N7O. The maximum absolute atomic E-state index is 11.6. The van der Waals surface area contributed by atoms with Crippen LogP contribution in [0.15, 0.2) is 55.0 Å². The van der Waals surface area contributed by atoms with Crippen LogP contribution in [-0.4, -0.2) is 39.0 Å². The van der Waals surface area contributed by atoms with Gasteiger partial charge in [-0.15, -0.1) is 0 Å². The number of aromatic nitrogens is 4. The second kappa shape index (κ2) is 9.51. The van der Waals surface area contributed by atoms with Crippen LogP contribution in [0, 0.1) is 0 Å². The van der Waals surface area contributed by atoms with E-state index in [4.69, 9.17) is 4.98 Å². The summed E-state index contributed by atoms with van der Waals surface area (Å²) in [5.41, 5.74) is 4.92. The molecule has 1 aromatic carbocycles. The molecule has 0 aliphatic carbocycles. The largest absolute Gasteiger partial charge is 0.359 e. The third kappa shape index (κ3) is 4.57. The minimum atomic E-state index is 0.0658. The first-order valence-corrected chi connectivity index (χ1v) is 11.8. The maximum atomic E-state index is 11.6. The standard InChI is InChI=1S/C26H29N7O/c1-3-4-13-32(2)24-20(6-5-12-27-24)17-33-14-11-19-16-28-26(31-25(19)33)29-21-8-9-22-18(15-21)7-10-23(34)30-22/h5-6,8-9,11-12,14-16H,3-4,7,10,13,17H2,1-2H3,(H,30,34)(H,28,29,31). The normalized spacial score (nSPS) is 12.9. The van der Waals surface area contributed by atoms with E-state index in [9.17, 15) is 4.79 Å². The number of amides is 1. The van der Waals surface area contributed by atoms with Gasteiger partial charge in [-0.05, 0) is 48.7 Å². The van der Waals surface area contributed by atoms with Gasteiger partial charge in [0.2, 0.25) is 11.9 Å². The molecule has 174 valence electrons. The Labute approximate surface area is 199 Å². The lowest BCUT2D eigenvalue weighted by Gasteiger charge is -2.21. The molecule has 4 aromatic rings. The van der Waals surface area contributed by atoms with E-state index in [2.05, 4.69) is 56.2 Å². The molecule has 1 amide bonds. The van der Waals surface area contributed by atoms with Crippen molar-refractivity contribution >= 4 is 40.1 Å². The number of benzene rings is 1. The smallest absolute Gasteiger partial charge is 0.229 e. The number of nitrogens with one attached hydrogen (secondary N) is 2. The number of pyridine rings is 1. The minimum Gasteiger partial charge on any atom is -0.359 e. The molecule has 0 bridgehead atoms. The van der Waals surface area contributed by atoms with E-state index in [1.165, 1.54) is 0 Å². The highest BCUT2D eigenvalue weighted by Gasteiger charge is 2.16. The van der Waals surface area contributed by atoms with Crippen LogP contribution in [0.3, 0.4) is 0 Å².